The van der Waals surface area contributed by atoms with Gasteiger partial charge in [-0.2, -0.15) is 11.3 Å². The molecule has 2 aromatic rings. The fourth-order valence-corrected chi connectivity index (χ4v) is 2.53. The maximum atomic E-state index is 11.9. The van der Waals surface area contributed by atoms with E-state index in [-0.39, 0.29) is 18.9 Å². The van der Waals surface area contributed by atoms with Crippen LogP contribution in [0.2, 0.25) is 0 Å². The number of rotatable bonds is 5. The second kappa shape index (κ2) is 7.59. The van der Waals surface area contributed by atoms with Crippen LogP contribution in [0.1, 0.15) is 38.7 Å². The maximum absolute atomic E-state index is 11.9. The molecule has 122 valence electrons. The van der Waals surface area contributed by atoms with Crippen LogP contribution in [0.15, 0.2) is 27.3 Å². The van der Waals surface area contributed by atoms with Gasteiger partial charge >= 0.3 is 0 Å². The van der Waals surface area contributed by atoms with Gasteiger partial charge in [-0.3, -0.25) is 25.2 Å². The summed E-state index contributed by atoms with van der Waals surface area (Å²) in [5.41, 5.74) is 5.54. The number of furan rings is 1. The molecule has 0 aliphatic carbocycles. The molecule has 2 aromatic heterocycles. The van der Waals surface area contributed by atoms with E-state index in [1.165, 1.54) is 11.3 Å². The number of hydrazine groups is 1. The minimum absolute atomic E-state index is 0.0551. The number of nitrogens with one attached hydrogen (secondary N) is 3. The smallest absolute Gasteiger partial charge is 0.273 e. The summed E-state index contributed by atoms with van der Waals surface area (Å²) < 4.78 is 5.25. The summed E-state index contributed by atoms with van der Waals surface area (Å²) in [5, 5.41) is 6.16. The lowest BCUT2D eigenvalue weighted by Crippen LogP contribution is -2.42. The first-order valence-corrected chi connectivity index (χ1v) is 7.88. The van der Waals surface area contributed by atoms with E-state index in [1.54, 1.807) is 36.7 Å². The number of hydrogen-bond donors (Lipinski definition) is 3. The number of thiophene rings is 1. The molecule has 0 unspecified atom stereocenters. The summed E-state index contributed by atoms with van der Waals surface area (Å²) >= 11 is 1.42. The minimum Gasteiger partial charge on any atom is -0.466 e. The molecule has 0 spiro atoms. The summed E-state index contributed by atoms with van der Waals surface area (Å²) in [4.78, 5) is 35.2. The molecule has 0 aromatic carbocycles. The van der Waals surface area contributed by atoms with Gasteiger partial charge in [0.2, 0.25) is 5.91 Å². The van der Waals surface area contributed by atoms with Gasteiger partial charge in [0.05, 0.1) is 5.56 Å². The van der Waals surface area contributed by atoms with Crippen LogP contribution in [0, 0.1) is 13.8 Å². The predicted molar refractivity (Wildman–Crippen MR) is 85.1 cm³/mol. The molecule has 3 N–H and O–H groups in total. The van der Waals surface area contributed by atoms with E-state index in [4.69, 9.17) is 4.42 Å². The van der Waals surface area contributed by atoms with Crippen LogP contribution < -0.4 is 16.2 Å². The van der Waals surface area contributed by atoms with Crippen LogP contribution in [0.25, 0.3) is 0 Å². The Morgan fingerprint density at radius 1 is 1.17 bits per heavy atom. The van der Waals surface area contributed by atoms with Crippen molar-refractivity contribution in [3.05, 3.63) is 45.5 Å². The van der Waals surface area contributed by atoms with Crippen LogP contribution in [0.4, 0.5) is 0 Å². The van der Waals surface area contributed by atoms with Crippen molar-refractivity contribution in [2.45, 2.75) is 20.3 Å². The average molecular weight is 335 g/mol. The van der Waals surface area contributed by atoms with Crippen molar-refractivity contribution < 1.29 is 18.8 Å². The number of amides is 3. The normalized spacial score (nSPS) is 10.2. The molecule has 8 heteroatoms. The molecule has 2 heterocycles. The molecule has 2 rings (SSSR count). The first-order chi connectivity index (χ1) is 11.0. The van der Waals surface area contributed by atoms with Crippen LogP contribution in [-0.4, -0.2) is 24.3 Å². The third-order valence-electron chi connectivity index (χ3n) is 3.02. The highest BCUT2D eigenvalue weighted by Gasteiger charge is 2.14. The summed E-state index contributed by atoms with van der Waals surface area (Å²) in [6.45, 7) is 3.59. The Bertz CT molecular complexity index is 706. The molecule has 0 radical (unpaired) electrons. The van der Waals surface area contributed by atoms with Crippen LogP contribution in [-0.2, 0) is 4.79 Å². The highest BCUT2D eigenvalue weighted by molar-refractivity contribution is 7.08. The molecule has 0 atom stereocenters. The molecular formula is C15H17N3O4S. The van der Waals surface area contributed by atoms with Crippen LogP contribution >= 0.6 is 11.3 Å². The van der Waals surface area contributed by atoms with Gasteiger partial charge in [-0.25, -0.2) is 0 Å². The number of carbonyl (C=O) groups is 3. The van der Waals surface area contributed by atoms with Gasteiger partial charge in [0.25, 0.3) is 11.8 Å². The first-order valence-electron chi connectivity index (χ1n) is 6.94. The molecule has 0 aliphatic heterocycles. The first kappa shape index (κ1) is 16.8. The second-order valence-corrected chi connectivity index (χ2v) is 5.63. The van der Waals surface area contributed by atoms with Gasteiger partial charge in [-0.05, 0) is 31.4 Å². The Morgan fingerprint density at radius 2 is 1.96 bits per heavy atom. The topological polar surface area (TPSA) is 100 Å². The van der Waals surface area contributed by atoms with E-state index in [1.807, 2.05) is 0 Å². The molecule has 0 saturated carbocycles. The molecule has 0 bridgehead atoms. The predicted octanol–water partition coefficient (Wildman–Crippen LogP) is 1.54. The van der Waals surface area contributed by atoms with Gasteiger partial charge in [0.15, 0.2) is 0 Å². The number of carbonyl (C=O) groups excluding carboxylic acids is 3. The summed E-state index contributed by atoms with van der Waals surface area (Å²) in [6, 6.07) is 3.30. The molecule has 0 fully saturated rings. The molecule has 0 saturated heterocycles. The van der Waals surface area contributed by atoms with Gasteiger partial charge in [0, 0.05) is 23.9 Å². The van der Waals surface area contributed by atoms with Crippen molar-refractivity contribution in [2.24, 2.45) is 0 Å². The van der Waals surface area contributed by atoms with Gasteiger partial charge in [-0.1, -0.05) is 0 Å². The molecular weight excluding hydrogens is 318 g/mol. The van der Waals surface area contributed by atoms with E-state index in [0.717, 1.165) is 0 Å². The largest absolute Gasteiger partial charge is 0.466 e. The zero-order valence-electron chi connectivity index (χ0n) is 12.8. The summed E-state index contributed by atoms with van der Waals surface area (Å²) in [6.07, 6.45) is 0.0551. The number of aryl methyl sites for hydroxylation is 2. The minimum atomic E-state index is -0.449. The molecule has 7 nitrogen and oxygen atoms in total. The zero-order chi connectivity index (χ0) is 16.8. The monoisotopic (exact) mass is 335 g/mol. The van der Waals surface area contributed by atoms with Crippen molar-refractivity contribution in [3.63, 3.8) is 0 Å². The third-order valence-corrected chi connectivity index (χ3v) is 3.71. The fraction of sp³-hybridized carbons (Fsp3) is 0.267. The van der Waals surface area contributed by atoms with E-state index in [2.05, 4.69) is 16.2 Å². The zero-order valence-corrected chi connectivity index (χ0v) is 13.6. The van der Waals surface area contributed by atoms with Crippen LogP contribution in [0.5, 0.6) is 0 Å². The SMILES string of the molecule is Cc1cc(C(=O)NNC(=O)CCNC(=O)c2ccsc2)c(C)o1. The lowest BCUT2D eigenvalue weighted by Gasteiger charge is -2.07. The Kier molecular flexibility index (Phi) is 5.53. The van der Waals surface area contributed by atoms with E-state index in [0.29, 0.717) is 22.6 Å². The number of hydrogen-bond acceptors (Lipinski definition) is 5. The average Bonchev–Trinajstić information content (AvgIpc) is 3.14. The Hall–Kier alpha value is -2.61. The standard InChI is InChI=1S/C15H17N3O4S/c1-9-7-12(10(2)22-9)15(21)18-17-13(19)3-5-16-14(20)11-4-6-23-8-11/h4,6-8H,3,5H2,1-2H3,(H,16,20)(H,17,19)(H,18,21). The van der Waals surface area contributed by atoms with Crippen molar-refractivity contribution in [1.29, 1.82) is 0 Å². The highest BCUT2D eigenvalue weighted by Crippen LogP contribution is 2.12. The highest BCUT2D eigenvalue weighted by atomic mass is 32.1. The fourth-order valence-electron chi connectivity index (χ4n) is 1.90. The van der Waals surface area contributed by atoms with Crippen molar-refractivity contribution in [2.75, 3.05) is 6.54 Å². The summed E-state index contributed by atoms with van der Waals surface area (Å²) in [7, 11) is 0. The van der Waals surface area contributed by atoms with Crippen LogP contribution in [0.3, 0.4) is 0 Å². The van der Waals surface area contributed by atoms with Gasteiger partial charge in [-0.15, -0.1) is 0 Å². The van der Waals surface area contributed by atoms with Gasteiger partial charge < -0.3 is 9.73 Å². The molecule has 23 heavy (non-hydrogen) atoms. The lowest BCUT2D eigenvalue weighted by molar-refractivity contribution is -0.121. The maximum Gasteiger partial charge on any atom is 0.273 e. The quantitative estimate of drug-likeness (QED) is 0.722. The van der Waals surface area contributed by atoms with E-state index in [9.17, 15) is 14.4 Å². The van der Waals surface area contributed by atoms with Crippen molar-refractivity contribution in [1.82, 2.24) is 16.2 Å². The Balaban J connectivity index is 1.70. The summed E-state index contributed by atoms with van der Waals surface area (Å²) in [5.74, 6) is 0.0248. The van der Waals surface area contributed by atoms with E-state index < -0.39 is 11.8 Å². The lowest BCUT2D eigenvalue weighted by atomic mass is 10.2. The third kappa shape index (κ3) is 4.68. The van der Waals surface area contributed by atoms with Crippen molar-refractivity contribution in [3.8, 4) is 0 Å². The van der Waals surface area contributed by atoms with Gasteiger partial charge in [0.1, 0.15) is 11.5 Å². The van der Waals surface area contributed by atoms with E-state index >= 15 is 0 Å². The Labute approximate surface area is 137 Å². The second-order valence-electron chi connectivity index (χ2n) is 4.85. The molecule has 0 aliphatic rings. The van der Waals surface area contributed by atoms with Crippen molar-refractivity contribution >= 4 is 29.1 Å². The molecule has 3 amide bonds. The Morgan fingerprint density at radius 3 is 2.57 bits per heavy atom.